The van der Waals surface area contributed by atoms with Crippen LogP contribution in [0.15, 0.2) is 12.1 Å². The molecule has 88 valence electrons. The molecule has 0 radical (unpaired) electrons. The molecule has 0 bridgehead atoms. The largest absolute Gasteiger partial charge is 0.327 e. The molecule has 0 aliphatic heterocycles. The van der Waals surface area contributed by atoms with E-state index in [2.05, 4.69) is 41.6 Å². The Kier molecular flexibility index (Phi) is 2.89. The molecule has 1 heterocycles. The first-order valence-corrected chi connectivity index (χ1v) is 5.86. The number of hydrogen-bond acceptors (Lipinski definition) is 2. The van der Waals surface area contributed by atoms with Crippen molar-refractivity contribution in [2.24, 2.45) is 5.92 Å². The Morgan fingerprint density at radius 3 is 2.59 bits per heavy atom. The summed E-state index contributed by atoms with van der Waals surface area (Å²) < 4.78 is 2.13. The summed E-state index contributed by atoms with van der Waals surface area (Å²) in [6, 6.07) is 6.55. The van der Waals surface area contributed by atoms with E-state index in [-0.39, 0.29) is 5.92 Å². The quantitative estimate of drug-likeness (QED) is 0.791. The summed E-state index contributed by atoms with van der Waals surface area (Å²) >= 11 is 0. The molecule has 0 aliphatic rings. The van der Waals surface area contributed by atoms with Gasteiger partial charge in [0.2, 0.25) is 0 Å². The maximum absolute atomic E-state index is 8.91. The van der Waals surface area contributed by atoms with Crippen LogP contribution in [0.4, 0.5) is 0 Å². The molecule has 0 N–H and O–H groups in total. The minimum Gasteiger partial charge on any atom is -0.327 e. The first kappa shape index (κ1) is 11.7. The fourth-order valence-electron chi connectivity index (χ4n) is 2.05. The molecule has 1 aromatic carbocycles. The number of imidazole rings is 1. The molecule has 2 rings (SSSR count). The van der Waals surface area contributed by atoms with Crippen LogP contribution in [0.3, 0.4) is 0 Å². The average Bonchev–Trinajstić information content (AvgIpc) is 2.56. The number of benzene rings is 1. The second kappa shape index (κ2) is 4.21. The third-order valence-corrected chi connectivity index (χ3v) is 3.23. The Balaban J connectivity index is 2.59. The van der Waals surface area contributed by atoms with E-state index in [1.807, 2.05) is 13.8 Å². The van der Waals surface area contributed by atoms with Gasteiger partial charge in [0.25, 0.3) is 0 Å². The van der Waals surface area contributed by atoms with Gasteiger partial charge in [-0.15, -0.1) is 0 Å². The van der Waals surface area contributed by atoms with Gasteiger partial charge in [-0.3, -0.25) is 0 Å². The minimum absolute atomic E-state index is 0.00714. The van der Waals surface area contributed by atoms with Crippen LogP contribution in [0, 0.1) is 38.0 Å². The molecule has 0 amide bonds. The number of aromatic nitrogens is 2. The predicted molar refractivity (Wildman–Crippen MR) is 68.7 cm³/mol. The van der Waals surface area contributed by atoms with Gasteiger partial charge in [-0.1, -0.05) is 0 Å². The maximum atomic E-state index is 8.91. The minimum atomic E-state index is 0.00714. The standard InChI is InChI=1S/C14H17N3/c1-9(7-15)8-17-12(4)16-13-5-10(2)11(3)6-14(13)17/h5-6,9H,8H2,1-4H3. The summed E-state index contributed by atoms with van der Waals surface area (Å²) in [5.41, 5.74) is 4.68. The molecule has 3 heteroatoms. The topological polar surface area (TPSA) is 41.6 Å². The number of nitriles is 1. The van der Waals surface area contributed by atoms with Crippen molar-refractivity contribution in [1.82, 2.24) is 9.55 Å². The molecule has 3 nitrogen and oxygen atoms in total. The SMILES string of the molecule is Cc1cc2nc(C)n(CC(C)C#N)c2cc1C. The van der Waals surface area contributed by atoms with E-state index in [4.69, 9.17) is 5.26 Å². The van der Waals surface area contributed by atoms with Gasteiger partial charge in [-0.05, 0) is 51.0 Å². The summed E-state index contributed by atoms with van der Waals surface area (Å²) in [4.78, 5) is 4.56. The van der Waals surface area contributed by atoms with Gasteiger partial charge in [0.05, 0.1) is 23.0 Å². The van der Waals surface area contributed by atoms with Gasteiger partial charge in [0.1, 0.15) is 5.82 Å². The zero-order chi connectivity index (χ0) is 12.6. The van der Waals surface area contributed by atoms with Crippen molar-refractivity contribution in [3.05, 3.63) is 29.1 Å². The molecule has 0 saturated heterocycles. The van der Waals surface area contributed by atoms with E-state index in [1.54, 1.807) is 0 Å². The molecule has 1 aromatic heterocycles. The van der Waals surface area contributed by atoms with Crippen LogP contribution in [0.2, 0.25) is 0 Å². The normalized spacial score (nSPS) is 12.6. The monoisotopic (exact) mass is 227 g/mol. The zero-order valence-electron chi connectivity index (χ0n) is 10.8. The van der Waals surface area contributed by atoms with Crippen LogP contribution in [0.1, 0.15) is 23.9 Å². The first-order chi connectivity index (χ1) is 8.02. The Labute approximate surface area is 102 Å². The maximum Gasteiger partial charge on any atom is 0.106 e. The van der Waals surface area contributed by atoms with Crippen molar-refractivity contribution in [2.75, 3.05) is 0 Å². The summed E-state index contributed by atoms with van der Waals surface area (Å²) in [5.74, 6) is 0.986. The number of rotatable bonds is 2. The van der Waals surface area contributed by atoms with Crippen molar-refractivity contribution in [3.8, 4) is 6.07 Å². The van der Waals surface area contributed by atoms with Crippen molar-refractivity contribution in [1.29, 1.82) is 5.26 Å². The summed E-state index contributed by atoms with van der Waals surface area (Å²) in [5, 5.41) is 8.91. The predicted octanol–water partition coefficient (Wildman–Crippen LogP) is 3.12. The third kappa shape index (κ3) is 2.03. The Morgan fingerprint density at radius 2 is 1.94 bits per heavy atom. The fourth-order valence-corrected chi connectivity index (χ4v) is 2.05. The van der Waals surface area contributed by atoms with Gasteiger partial charge >= 0.3 is 0 Å². The molecule has 17 heavy (non-hydrogen) atoms. The molecule has 0 fully saturated rings. The van der Waals surface area contributed by atoms with E-state index < -0.39 is 0 Å². The van der Waals surface area contributed by atoms with Gasteiger partial charge in [-0.2, -0.15) is 5.26 Å². The van der Waals surface area contributed by atoms with Crippen LogP contribution in [-0.4, -0.2) is 9.55 Å². The van der Waals surface area contributed by atoms with Crippen LogP contribution >= 0.6 is 0 Å². The van der Waals surface area contributed by atoms with Gasteiger partial charge < -0.3 is 4.57 Å². The van der Waals surface area contributed by atoms with Crippen molar-refractivity contribution in [2.45, 2.75) is 34.2 Å². The second-order valence-corrected chi connectivity index (χ2v) is 4.72. The van der Waals surface area contributed by atoms with Gasteiger partial charge in [0, 0.05) is 6.54 Å². The highest BCUT2D eigenvalue weighted by atomic mass is 15.1. The van der Waals surface area contributed by atoms with Gasteiger partial charge in [0.15, 0.2) is 0 Å². The summed E-state index contributed by atoms with van der Waals surface area (Å²) in [6.07, 6.45) is 0. The van der Waals surface area contributed by atoms with E-state index in [9.17, 15) is 0 Å². The summed E-state index contributed by atoms with van der Waals surface area (Å²) in [7, 11) is 0. The van der Waals surface area contributed by atoms with Crippen LogP contribution in [0.25, 0.3) is 11.0 Å². The van der Waals surface area contributed by atoms with E-state index >= 15 is 0 Å². The Bertz CT molecular complexity index is 602. The lowest BCUT2D eigenvalue weighted by Gasteiger charge is -2.08. The molecular weight excluding hydrogens is 210 g/mol. The zero-order valence-corrected chi connectivity index (χ0v) is 10.8. The summed E-state index contributed by atoms with van der Waals surface area (Å²) in [6.45, 7) is 8.85. The smallest absolute Gasteiger partial charge is 0.106 e. The van der Waals surface area contributed by atoms with Crippen molar-refractivity contribution in [3.63, 3.8) is 0 Å². The van der Waals surface area contributed by atoms with Gasteiger partial charge in [-0.25, -0.2) is 4.98 Å². The number of fused-ring (bicyclic) bond motifs is 1. The fraction of sp³-hybridized carbons (Fsp3) is 0.429. The lowest BCUT2D eigenvalue weighted by Crippen LogP contribution is -2.07. The van der Waals surface area contributed by atoms with Crippen LogP contribution < -0.4 is 0 Å². The number of hydrogen-bond donors (Lipinski definition) is 0. The number of nitrogens with zero attached hydrogens (tertiary/aromatic N) is 3. The molecule has 0 saturated carbocycles. The highest BCUT2D eigenvalue weighted by molar-refractivity contribution is 5.78. The third-order valence-electron chi connectivity index (χ3n) is 3.23. The van der Waals surface area contributed by atoms with Crippen molar-refractivity contribution >= 4 is 11.0 Å². The lowest BCUT2D eigenvalue weighted by molar-refractivity contribution is 0.580. The molecular formula is C14H17N3. The van der Waals surface area contributed by atoms with Crippen LogP contribution in [-0.2, 0) is 6.54 Å². The number of aryl methyl sites for hydroxylation is 3. The van der Waals surface area contributed by atoms with E-state index in [0.717, 1.165) is 16.9 Å². The molecule has 0 aliphatic carbocycles. The molecule has 1 unspecified atom stereocenters. The first-order valence-electron chi connectivity index (χ1n) is 5.86. The Hall–Kier alpha value is -1.82. The average molecular weight is 227 g/mol. The second-order valence-electron chi connectivity index (χ2n) is 4.72. The van der Waals surface area contributed by atoms with Crippen LogP contribution in [0.5, 0.6) is 0 Å². The van der Waals surface area contributed by atoms with E-state index in [0.29, 0.717) is 6.54 Å². The van der Waals surface area contributed by atoms with E-state index in [1.165, 1.54) is 11.1 Å². The molecule has 2 aromatic rings. The highest BCUT2D eigenvalue weighted by Crippen LogP contribution is 2.21. The molecule has 0 spiro atoms. The highest BCUT2D eigenvalue weighted by Gasteiger charge is 2.11. The lowest BCUT2D eigenvalue weighted by atomic mass is 10.1. The molecule has 1 atom stereocenters. The van der Waals surface area contributed by atoms with Crippen molar-refractivity contribution < 1.29 is 0 Å². The Morgan fingerprint density at radius 1 is 1.29 bits per heavy atom.